The molecule has 3 heteroatoms. The topological polar surface area (TPSA) is 38.5 Å². The Hall–Kier alpha value is -0.120. The summed E-state index contributed by atoms with van der Waals surface area (Å²) in [6, 6.07) is 0.957. The predicted molar refractivity (Wildman–Crippen MR) is 52.6 cm³/mol. The first-order valence-corrected chi connectivity index (χ1v) is 5.38. The first kappa shape index (κ1) is 9.44. The number of hydrogen-bond donors (Lipinski definition) is 1. The zero-order valence-electron chi connectivity index (χ0n) is 8.41. The van der Waals surface area contributed by atoms with Crippen molar-refractivity contribution < 1.29 is 4.74 Å². The van der Waals surface area contributed by atoms with Gasteiger partial charge in [0.15, 0.2) is 0 Å². The fourth-order valence-corrected chi connectivity index (χ4v) is 2.60. The molecular formula is C10H20N2O. The highest BCUT2D eigenvalue weighted by molar-refractivity contribution is 4.89. The average Bonchev–Trinajstić information content (AvgIpc) is 2.51. The summed E-state index contributed by atoms with van der Waals surface area (Å²) in [5, 5.41) is 0. The molecule has 2 unspecified atom stereocenters. The standard InChI is InChI=1S/C10H20N2O/c1-8(11)7-12-5-6-13-10-4-2-3-9(10)12/h8-10H,2-7,11H2,1H3/t8-,9?,10?/m1/s1. The Bertz CT molecular complexity index is 172. The minimum absolute atomic E-state index is 0.291. The smallest absolute Gasteiger partial charge is 0.0730 e. The van der Waals surface area contributed by atoms with Crippen LogP contribution >= 0.6 is 0 Å². The fourth-order valence-electron chi connectivity index (χ4n) is 2.60. The molecule has 0 aromatic rings. The summed E-state index contributed by atoms with van der Waals surface area (Å²) in [7, 11) is 0. The first-order chi connectivity index (χ1) is 6.27. The molecule has 13 heavy (non-hydrogen) atoms. The van der Waals surface area contributed by atoms with Crippen molar-refractivity contribution in [1.29, 1.82) is 0 Å². The minimum Gasteiger partial charge on any atom is -0.375 e. The van der Waals surface area contributed by atoms with Gasteiger partial charge in [-0.1, -0.05) is 0 Å². The molecule has 3 atom stereocenters. The van der Waals surface area contributed by atoms with Gasteiger partial charge in [-0.3, -0.25) is 4.90 Å². The van der Waals surface area contributed by atoms with Crippen molar-refractivity contribution >= 4 is 0 Å². The van der Waals surface area contributed by atoms with Gasteiger partial charge in [0.2, 0.25) is 0 Å². The Balaban J connectivity index is 1.93. The van der Waals surface area contributed by atoms with Gasteiger partial charge < -0.3 is 10.5 Å². The maximum Gasteiger partial charge on any atom is 0.0730 e. The van der Waals surface area contributed by atoms with Crippen LogP contribution in [0.2, 0.25) is 0 Å². The van der Waals surface area contributed by atoms with Crippen molar-refractivity contribution in [1.82, 2.24) is 4.90 Å². The predicted octanol–water partition coefficient (Wildman–Crippen LogP) is 0.587. The van der Waals surface area contributed by atoms with Gasteiger partial charge in [-0.05, 0) is 26.2 Å². The van der Waals surface area contributed by atoms with Crippen LogP contribution in [-0.2, 0) is 4.74 Å². The largest absolute Gasteiger partial charge is 0.375 e. The van der Waals surface area contributed by atoms with Gasteiger partial charge in [-0.15, -0.1) is 0 Å². The van der Waals surface area contributed by atoms with E-state index >= 15 is 0 Å². The van der Waals surface area contributed by atoms with Crippen molar-refractivity contribution in [3.8, 4) is 0 Å². The molecule has 0 radical (unpaired) electrons. The van der Waals surface area contributed by atoms with E-state index in [1.165, 1.54) is 19.3 Å². The lowest BCUT2D eigenvalue weighted by Crippen LogP contribution is -2.51. The van der Waals surface area contributed by atoms with Gasteiger partial charge in [0.25, 0.3) is 0 Å². The summed E-state index contributed by atoms with van der Waals surface area (Å²) in [4.78, 5) is 2.52. The van der Waals surface area contributed by atoms with E-state index in [0.29, 0.717) is 18.2 Å². The Kier molecular flexibility index (Phi) is 2.86. The van der Waals surface area contributed by atoms with Crippen molar-refractivity contribution in [3.05, 3.63) is 0 Å². The van der Waals surface area contributed by atoms with Crippen LogP contribution in [-0.4, -0.2) is 42.8 Å². The minimum atomic E-state index is 0.291. The van der Waals surface area contributed by atoms with E-state index in [0.717, 1.165) is 19.7 Å². The monoisotopic (exact) mass is 184 g/mol. The van der Waals surface area contributed by atoms with E-state index in [2.05, 4.69) is 11.8 Å². The number of hydrogen-bond acceptors (Lipinski definition) is 3. The van der Waals surface area contributed by atoms with E-state index in [4.69, 9.17) is 10.5 Å². The molecular weight excluding hydrogens is 164 g/mol. The number of rotatable bonds is 2. The normalized spacial score (nSPS) is 37.4. The van der Waals surface area contributed by atoms with Gasteiger partial charge in [0.1, 0.15) is 0 Å². The second-order valence-electron chi connectivity index (χ2n) is 4.38. The van der Waals surface area contributed by atoms with Crippen molar-refractivity contribution in [2.45, 2.75) is 44.4 Å². The Labute approximate surface area is 80.2 Å². The van der Waals surface area contributed by atoms with Crippen LogP contribution in [0.1, 0.15) is 26.2 Å². The SMILES string of the molecule is C[C@@H](N)CN1CCOC2CCCC21. The Morgan fingerprint density at radius 3 is 3.15 bits per heavy atom. The molecule has 1 saturated heterocycles. The summed E-state index contributed by atoms with van der Waals surface area (Å²) in [5.41, 5.74) is 5.82. The van der Waals surface area contributed by atoms with Crippen LogP contribution in [0.15, 0.2) is 0 Å². The quantitative estimate of drug-likeness (QED) is 0.682. The molecule has 0 bridgehead atoms. The number of ether oxygens (including phenoxy) is 1. The highest BCUT2D eigenvalue weighted by Crippen LogP contribution is 2.29. The maximum absolute atomic E-state index is 5.82. The van der Waals surface area contributed by atoms with E-state index in [1.807, 2.05) is 0 Å². The van der Waals surface area contributed by atoms with Crippen LogP contribution in [0.25, 0.3) is 0 Å². The van der Waals surface area contributed by atoms with Crippen molar-refractivity contribution in [2.75, 3.05) is 19.7 Å². The van der Waals surface area contributed by atoms with E-state index in [-0.39, 0.29) is 0 Å². The van der Waals surface area contributed by atoms with Gasteiger partial charge in [0.05, 0.1) is 12.7 Å². The molecule has 76 valence electrons. The van der Waals surface area contributed by atoms with Gasteiger partial charge >= 0.3 is 0 Å². The zero-order chi connectivity index (χ0) is 9.26. The molecule has 0 amide bonds. The molecule has 1 aliphatic carbocycles. The number of nitrogens with two attached hydrogens (primary N) is 1. The molecule has 1 heterocycles. The third-order valence-electron chi connectivity index (χ3n) is 3.12. The Morgan fingerprint density at radius 1 is 1.54 bits per heavy atom. The molecule has 2 aliphatic rings. The second kappa shape index (κ2) is 3.95. The van der Waals surface area contributed by atoms with Crippen LogP contribution in [0.5, 0.6) is 0 Å². The maximum atomic E-state index is 5.82. The number of morpholine rings is 1. The van der Waals surface area contributed by atoms with Crippen LogP contribution in [0.3, 0.4) is 0 Å². The number of fused-ring (bicyclic) bond motifs is 1. The summed E-state index contributed by atoms with van der Waals surface area (Å²) >= 11 is 0. The highest BCUT2D eigenvalue weighted by Gasteiger charge is 2.35. The first-order valence-electron chi connectivity index (χ1n) is 5.38. The molecule has 0 spiro atoms. The lowest BCUT2D eigenvalue weighted by molar-refractivity contribution is -0.0566. The molecule has 2 fully saturated rings. The lowest BCUT2D eigenvalue weighted by Gasteiger charge is -2.38. The third-order valence-corrected chi connectivity index (χ3v) is 3.12. The molecule has 3 nitrogen and oxygen atoms in total. The molecule has 1 aliphatic heterocycles. The summed E-state index contributed by atoms with van der Waals surface area (Å²) in [6.45, 7) is 5.08. The molecule has 1 saturated carbocycles. The summed E-state index contributed by atoms with van der Waals surface area (Å²) in [6.07, 6.45) is 4.38. The Morgan fingerprint density at radius 2 is 2.38 bits per heavy atom. The van der Waals surface area contributed by atoms with Crippen LogP contribution in [0, 0.1) is 0 Å². The highest BCUT2D eigenvalue weighted by atomic mass is 16.5. The molecule has 0 aromatic heterocycles. The van der Waals surface area contributed by atoms with Crippen molar-refractivity contribution in [3.63, 3.8) is 0 Å². The number of nitrogens with zero attached hydrogens (tertiary/aromatic N) is 1. The van der Waals surface area contributed by atoms with Gasteiger partial charge in [0, 0.05) is 25.2 Å². The third kappa shape index (κ3) is 2.03. The van der Waals surface area contributed by atoms with Crippen molar-refractivity contribution in [2.24, 2.45) is 5.73 Å². The molecule has 2 rings (SSSR count). The van der Waals surface area contributed by atoms with Crippen LogP contribution < -0.4 is 5.73 Å². The van der Waals surface area contributed by atoms with E-state index in [9.17, 15) is 0 Å². The average molecular weight is 184 g/mol. The van der Waals surface area contributed by atoms with Crippen LogP contribution in [0.4, 0.5) is 0 Å². The van der Waals surface area contributed by atoms with E-state index < -0.39 is 0 Å². The van der Waals surface area contributed by atoms with Gasteiger partial charge in [-0.25, -0.2) is 0 Å². The lowest BCUT2D eigenvalue weighted by atomic mass is 10.1. The second-order valence-corrected chi connectivity index (χ2v) is 4.38. The summed E-state index contributed by atoms with van der Waals surface area (Å²) in [5.74, 6) is 0. The summed E-state index contributed by atoms with van der Waals surface area (Å²) < 4.78 is 5.73. The van der Waals surface area contributed by atoms with Gasteiger partial charge in [-0.2, -0.15) is 0 Å². The fraction of sp³-hybridized carbons (Fsp3) is 1.00. The molecule has 2 N–H and O–H groups in total. The zero-order valence-corrected chi connectivity index (χ0v) is 8.41. The van der Waals surface area contributed by atoms with E-state index in [1.54, 1.807) is 0 Å². The molecule has 0 aromatic carbocycles.